The van der Waals surface area contributed by atoms with Crippen LogP contribution in [0.3, 0.4) is 0 Å². The van der Waals surface area contributed by atoms with Crippen LogP contribution in [0.2, 0.25) is 0 Å². The molecule has 12 saturated carbocycles. The van der Waals surface area contributed by atoms with Crippen LogP contribution in [0.25, 0.3) is 0 Å². The Hall–Kier alpha value is -2.80. The fourth-order valence-corrected chi connectivity index (χ4v) is 21.5. The molecule has 0 atom stereocenters. The van der Waals surface area contributed by atoms with Crippen LogP contribution in [0, 0.1) is 105 Å². The minimum Gasteiger partial charge on any atom is -0.872 e. The second kappa shape index (κ2) is 22.8. The molecule has 0 amide bonds. The van der Waals surface area contributed by atoms with Crippen molar-refractivity contribution in [3.05, 3.63) is 104 Å². The predicted molar refractivity (Wildman–Crippen MR) is 334 cm³/mol. The fourth-order valence-electron chi connectivity index (χ4n) is 21.5. The Balaban J connectivity index is 0.000000651. The minimum absolute atomic E-state index is 0. The Bertz CT molecular complexity index is 2700. The Kier molecular flexibility index (Phi) is 16.8. The summed E-state index contributed by atoms with van der Waals surface area (Å²) >= 11 is 0. The van der Waals surface area contributed by atoms with Gasteiger partial charge in [-0.25, -0.2) is 0 Å². The average Bonchev–Trinajstić information content (AvgIpc) is 1.16. The Labute approximate surface area is 538 Å². The summed E-state index contributed by atoms with van der Waals surface area (Å²) in [7, 11) is 4.00. The third kappa shape index (κ3) is 12.1. The molecule has 8 nitrogen and oxygen atoms in total. The van der Waals surface area contributed by atoms with Crippen LogP contribution in [-0.4, -0.2) is 58.5 Å². The van der Waals surface area contributed by atoms with Crippen LogP contribution in [0.15, 0.2) is 36.4 Å². The van der Waals surface area contributed by atoms with Crippen molar-refractivity contribution in [2.45, 2.75) is 244 Å². The molecule has 85 heavy (non-hydrogen) atoms. The molecule has 1 aromatic heterocycles. The van der Waals surface area contributed by atoms with Crippen molar-refractivity contribution in [1.82, 2.24) is 19.3 Å². The standard InChI is InChI=1S/C69H99N3O3.C7H12N2.U/c1-64(2,3)55-25-52(61(73)58(28-55)67-31-43-16-44(32-67)18-45(17-43)33-67)40-70-10-12-71(41-53-26-56(65(4,5)6)29-59(62(53)74)68-34-46-19-47(35-68)21-48(20-46)36-68)14-15-72(13-11-70)42-54-27-57(66(7,8)9)30-60(63(54)75)69-37-49-22-50(38-69)24-51(23-49)39-69;1-6-7(2)9(4)5-8(6)3;/h25-30,43-51,73-75H,10-24,31-42H2,1-9H3;1-4H3;/q;;+3/p-3. The molecule has 2 heterocycles. The molecule has 3 aromatic carbocycles. The van der Waals surface area contributed by atoms with E-state index in [9.17, 15) is 0 Å². The van der Waals surface area contributed by atoms with E-state index >= 15 is 15.3 Å². The summed E-state index contributed by atoms with van der Waals surface area (Å²) in [5.74, 6) is 7.93. The minimum atomic E-state index is -0.0693. The number of hydrogen-bond donors (Lipinski definition) is 0. The molecular weight excluding hydrogens is 1270 g/mol. The molecule has 13 aliphatic rings. The Morgan fingerprint density at radius 1 is 0.424 bits per heavy atom. The van der Waals surface area contributed by atoms with Crippen LogP contribution in [0.5, 0.6) is 17.2 Å². The molecule has 0 unspecified atom stereocenters. The topological polar surface area (TPSA) is 87.7 Å². The van der Waals surface area contributed by atoms with E-state index in [4.69, 9.17) is 0 Å². The average molecular weight is 1380 g/mol. The first-order valence-electron chi connectivity index (χ1n) is 34.2. The molecule has 0 spiro atoms. The zero-order chi connectivity index (χ0) is 59.2. The molecular formula is C76H108N5O3U. The number of aryl methyl sites for hydroxylation is 2. The first-order valence-corrected chi connectivity index (χ1v) is 34.2. The Morgan fingerprint density at radius 3 is 0.812 bits per heavy atom. The zero-order valence-electron chi connectivity index (χ0n) is 55.2. The number of hydrogen-bond acceptors (Lipinski definition) is 6. The van der Waals surface area contributed by atoms with E-state index in [1.165, 1.54) is 144 Å². The van der Waals surface area contributed by atoms with Crippen molar-refractivity contribution in [2.24, 2.45) is 67.4 Å². The van der Waals surface area contributed by atoms with Gasteiger partial charge in [0.1, 0.15) is 0 Å². The number of benzene rings is 3. The van der Waals surface area contributed by atoms with Gasteiger partial charge < -0.3 is 24.5 Å². The maximum Gasteiger partial charge on any atom is 3.00 e. The van der Waals surface area contributed by atoms with Crippen molar-refractivity contribution in [3.8, 4) is 17.2 Å². The van der Waals surface area contributed by atoms with Crippen molar-refractivity contribution < 1.29 is 51.0 Å². The van der Waals surface area contributed by atoms with Gasteiger partial charge in [-0.1, -0.05) is 113 Å². The van der Waals surface area contributed by atoms with Crippen LogP contribution >= 0.6 is 0 Å². The van der Waals surface area contributed by atoms with E-state index in [1.54, 1.807) is 0 Å². The number of aromatic nitrogens is 2. The van der Waals surface area contributed by atoms with Crippen LogP contribution in [-0.2, 0) is 66.2 Å². The SMILES string of the molecule is CC(C)(C)c1cc(CN2CCN(Cc3cc(C(C)(C)C)cc(C45CC6CC(CC(C6)C4)C5)c3[O-])CCN(Cc3cc(C(C)(C)C)cc(C45CC6CC(CC(C6)C4)C5)c3[O-])CC2)c([O-])c(C23CC4CC(CC(C4)C2)C3)c1.Cc1c(C)[n+](C)[c-]n1C.[U+3]. The molecule has 1 saturated heterocycles. The van der Waals surface area contributed by atoms with Crippen LogP contribution in [0.4, 0.5) is 0 Å². The van der Waals surface area contributed by atoms with Crippen molar-refractivity contribution in [3.63, 3.8) is 0 Å². The maximum atomic E-state index is 15.4. The number of rotatable bonds is 9. The van der Waals surface area contributed by atoms with Gasteiger partial charge in [0.15, 0.2) is 0 Å². The second-order valence-electron chi connectivity index (χ2n) is 34.6. The smallest absolute Gasteiger partial charge is 0.872 e. The van der Waals surface area contributed by atoms with Gasteiger partial charge in [-0.15, -0.1) is 17.2 Å². The molecule has 0 N–H and O–H groups in total. The number of nitrogens with zero attached hydrogens (tertiary/aromatic N) is 5. The van der Waals surface area contributed by atoms with Gasteiger partial charge in [0.25, 0.3) is 0 Å². The van der Waals surface area contributed by atoms with Crippen molar-refractivity contribution in [1.29, 1.82) is 0 Å². The molecule has 9 heteroatoms. The Morgan fingerprint density at radius 2 is 0.647 bits per heavy atom. The molecule has 12 bridgehead atoms. The molecule has 12 aliphatic carbocycles. The van der Waals surface area contributed by atoms with Crippen LogP contribution in [0.1, 0.15) is 239 Å². The second-order valence-corrected chi connectivity index (χ2v) is 34.6. The van der Waals surface area contributed by atoms with Gasteiger partial charge in [-0.05, 0) is 263 Å². The molecule has 13 fully saturated rings. The maximum absolute atomic E-state index is 15.4. The van der Waals surface area contributed by atoms with Crippen molar-refractivity contribution >= 4 is 0 Å². The van der Waals surface area contributed by atoms with Gasteiger partial charge in [-0.3, -0.25) is 14.7 Å². The van der Waals surface area contributed by atoms with E-state index in [0.29, 0.717) is 36.9 Å². The summed E-state index contributed by atoms with van der Waals surface area (Å²) in [5.41, 5.74) is 12.7. The third-order valence-electron chi connectivity index (χ3n) is 25.1. The number of imidazole rings is 1. The third-order valence-corrected chi connectivity index (χ3v) is 25.1. The summed E-state index contributed by atoms with van der Waals surface area (Å²) in [6.07, 6.45) is 26.2. The van der Waals surface area contributed by atoms with E-state index in [0.717, 1.165) is 126 Å². The largest absolute Gasteiger partial charge is 3.00 e. The predicted octanol–water partition coefficient (Wildman–Crippen LogP) is 13.3. The summed E-state index contributed by atoms with van der Waals surface area (Å²) in [6.45, 7) is 32.0. The van der Waals surface area contributed by atoms with E-state index in [1.807, 2.05) is 23.2 Å². The van der Waals surface area contributed by atoms with Gasteiger partial charge in [0.05, 0.1) is 14.1 Å². The molecule has 459 valence electrons. The normalized spacial score (nSPS) is 33.6. The quantitative estimate of drug-likeness (QED) is 0.123. The van der Waals surface area contributed by atoms with Gasteiger partial charge in [0, 0.05) is 58.9 Å². The van der Waals surface area contributed by atoms with E-state index in [2.05, 4.69) is 134 Å². The molecule has 4 aromatic rings. The molecule has 1 aliphatic heterocycles. The van der Waals surface area contributed by atoms with Gasteiger partial charge >= 0.3 is 31.1 Å². The van der Waals surface area contributed by atoms with Gasteiger partial charge in [-0.2, -0.15) is 0 Å². The monoisotopic (exact) mass is 1380 g/mol. The van der Waals surface area contributed by atoms with E-state index < -0.39 is 0 Å². The first kappa shape index (κ1) is 62.4. The summed E-state index contributed by atoms with van der Waals surface area (Å²) in [4.78, 5) is 7.77. The zero-order valence-corrected chi connectivity index (χ0v) is 59.4. The first-order chi connectivity index (χ1) is 39.6. The molecule has 1 radical (unpaired) electrons. The van der Waals surface area contributed by atoms with E-state index in [-0.39, 0.29) is 63.6 Å². The fraction of sp³-hybridized carbons (Fsp3) is 0.724. The molecule has 17 rings (SSSR count). The summed E-state index contributed by atoms with van der Waals surface area (Å²) in [5, 5.41) is 46.1. The van der Waals surface area contributed by atoms with Gasteiger partial charge in [0.2, 0.25) is 6.33 Å². The summed E-state index contributed by atoms with van der Waals surface area (Å²) < 4.78 is 3.99. The van der Waals surface area contributed by atoms with Crippen molar-refractivity contribution in [2.75, 3.05) is 39.3 Å². The summed E-state index contributed by atoms with van der Waals surface area (Å²) in [6, 6.07) is 14.1. The van der Waals surface area contributed by atoms with Crippen LogP contribution < -0.4 is 19.9 Å².